The number of para-hydroxylation sites is 4. The molecule has 0 aliphatic carbocycles. The molecule has 9 rings (SSSR count). The molecule has 3 aromatic heterocycles. The Morgan fingerprint density at radius 2 is 1.52 bits per heavy atom. The zero-order chi connectivity index (χ0) is 46.7. The summed E-state index contributed by atoms with van der Waals surface area (Å²) in [5.74, 6) is 7.52. The first-order chi connectivity index (χ1) is 30.6. The Hall–Kier alpha value is -5.07. The van der Waals surface area contributed by atoms with Gasteiger partial charge in [-0.2, -0.15) is 0 Å². The Morgan fingerprint density at radius 3 is 2.23 bits per heavy atom. The molecule has 311 valence electrons. The maximum Gasteiger partial charge on any atom is 0 e. The summed E-state index contributed by atoms with van der Waals surface area (Å²) >= 11 is -2.36. The van der Waals surface area contributed by atoms with Gasteiger partial charge in [-0.25, -0.2) is 0 Å². The maximum absolute atomic E-state index is 8.80. The van der Waals surface area contributed by atoms with Gasteiger partial charge in [-0.15, -0.1) is 18.2 Å². The molecule has 0 bridgehead atoms. The summed E-state index contributed by atoms with van der Waals surface area (Å²) in [5, 5.41) is 2.17. The molecule has 1 radical (unpaired) electrons. The predicted molar refractivity (Wildman–Crippen MR) is 256 cm³/mol. The second-order valence-electron chi connectivity index (χ2n) is 18.5. The first kappa shape index (κ1) is 37.7. The molecule has 0 saturated carbocycles. The molecule has 0 amide bonds. The van der Waals surface area contributed by atoms with Crippen molar-refractivity contribution < 1.29 is 31.4 Å². The number of hydrogen-bond donors (Lipinski definition) is 0. The number of fused-ring (bicyclic) bond motifs is 4. The van der Waals surface area contributed by atoms with Gasteiger partial charge in [-0.3, -0.25) is 4.98 Å². The molecule has 0 atom stereocenters. The topological polar surface area (TPSA) is 43.9 Å². The number of pyridine rings is 1. The van der Waals surface area contributed by atoms with Crippen LogP contribution in [-0.4, -0.2) is 27.8 Å². The molecule has 6 aromatic carbocycles. The van der Waals surface area contributed by atoms with E-state index in [1.165, 1.54) is 22.8 Å². The molecule has 0 saturated heterocycles. The third kappa shape index (κ3) is 9.26. The van der Waals surface area contributed by atoms with Crippen molar-refractivity contribution in [1.82, 2.24) is 14.5 Å². The number of imidazole rings is 1. The minimum absolute atomic E-state index is 0. The van der Waals surface area contributed by atoms with Gasteiger partial charge >= 0.3 is 145 Å². The zero-order valence-electron chi connectivity index (χ0n) is 41.4. The van der Waals surface area contributed by atoms with E-state index < -0.39 is 31.9 Å². The van der Waals surface area contributed by atoms with Crippen LogP contribution in [0.5, 0.6) is 0 Å². The summed E-state index contributed by atoms with van der Waals surface area (Å²) in [7, 11) is 0. The number of hydrogen-bond acceptors (Lipinski definition) is 3. The van der Waals surface area contributed by atoms with Crippen molar-refractivity contribution >= 4 is 50.6 Å². The number of nitrogens with zero attached hydrogens (tertiary/aromatic N) is 3. The zero-order valence-corrected chi connectivity index (χ0v) is 40.9. The van der Waals surface area contributed by atoms with Crippen LogP contribution in [0.15, 0.2) is 144 Å². The van der Waals surface area contributed by atoms with Gasteiger partial charge in [0.1, 0.15) is 5.58 Å². The van der Waals surface area contributed by atoms with E-state index in [1.54, 1.807) is 12.1 Å². The van der Waals surface area contributed by atoms with Gasteiger partial charge < -0.3 is 8.98 Å². The number of aromatic nitrogens is 3. The van der Waals surface area contributed by atoms with E-state index in [1.807, 2.05) is 57.3 Å². The van der Waals surface area contributed by atoms with Crippen molar-refractivity contribution in [2.24, 2.45) is 5.41 Å². The van der Waals surface area contributed by atoms with E-state index in [9.17, 15) is 0 Å². The average molecular weight is 1040 g/mol. The largest absolute Gasteiger partial charge is 0 e. The van der Waals surface area contributed by atoms with E-state index >= 15 is 0 Å². The number of rotatable bonds is 6. The maximum atomic E-state index is 8.80. The van der Waals surface area contributed by atoms with Gasteiger partial charge in [0.25, 0.3) is 0 Å². The van der Waals surface area contributed by atoms with Crippen molar-refractivity contribution in [1.29, 1.82) is 0 Å². The molecule has 0 unspecified atom stereocenters. The minimum atomic E-state index is -2.36. The van der Waals surface area contributed by atoms with Crippen molar-refractivity contribution in [3.63, 3.8) is 0 Å². The molecule has 0 aliphatic rings. The third-order valence-electron chi connectivity index (χ3n) is 10.6. The quantitative estimate of drug-likeness (QED) is 0.123. The first-order valence-corrected chi connectivity index (χ1v) is 27.9. The summed E-state index contributed by atoms with van der Waals surface area (Å²) in [6, 6.07) is 50.9. The Kier molecular flexibility index (Phi) is 10.7. The monoisotopic (exact) mass is 1050 g/mol. The van der Waals surface area contributed by atoms with Gasteiger partial charge in [0.05, 0.1) is 28.1 Å². The molecular weight excluding hydrogens is 983 g/mol. The smallest absolute Gasteiger partial charge is 0 e. The molecule has 0 N–H and O–H groups in total. The van der Waals surface area contributed by atoms with Crippen molar-refractivity contribution in [3.8, 4) is 39.5 Å². The molecule has 0 spiro atoms. The van der Waals surface area contributed by atoms with Crippen LogP contribution in [0.4, 0.5) is 0 Å². The van der Waals surface area contributed by atoms with Crippen molar-refractivity contribution in [3.05, 3.63) is 168 Å². The standard InChI is InChI=1S/C35H27N2O.C20H28GeN.Ir/c1-35(2,3)28-19-12-16-24(23-13-5-4-6-14-23)32(28)37-30-21-9-8-20-29(30)36-34(37)27-18-11-17-26-25-15-7-10-22-31(25)38-33(26)27;1-15-8-10-16(11-9-15)19-12-17(13-20(2,3)4)18(14-22-19)21(5,6)7;/h4-17,19-22H,1-3H3;8-10,12,14H,13H2,1-7H3;/q2*-1;/i;1D3,13D2;. The fourth-order valence-electron chi connectivity index (χ4n) is 7.81. The second-order valence-corrected chi connectivity index (χ2v) is 29.1. The summed E-state index contributed by atoms with van der Waals surface area (Å²) in [4.78, 5) is 9.78. The molecular formula is C55H55GeIrN3O-2. The second kappa shape index (κ2) is 17.4. The van der Waals surface area contributed by atoms with Crippen LogP contribution < -0.4 is 4.40 Å². The van der Waals surface area contributed by atoms with Crippen LogP contribution in [0, 0.1) is 24.4 Å². The van der Waals surface area contributed by atoms with E-state index in [2.05, 4.69) is 145 Å². The van der Waals surface area contributed by atoms with Gasteiger partial charge in [-0.1, -0.05) is 111 Å². The van der Waals surface area contributed by atoms with Crippen molar-refractivity contribution in [2.75, 3.05) is 0 Å². The average Bonchev–Trinajstić information content (AvgIpc) is 3.84. The number of benzene rings is 6. The molecule has 6 heteroatoms. The normalized spacial score (nSPS) is 13.7. The molecule has 3 heterocycles. The molecule has 0 aliphatic heterocycles. The van der Waals surface area contributed by atoms with Gasteiger partial charge in [0.2, 0.25) is 0 Å². The van der Waals surface area contributed by atoms with Gasteiger partial charge in [-0.05, 0) is 34.7 Å². The Balaban J connectivity index is 0.000000206. The first-order valence-electron chi connectivity index (χ1n) is 23.1. The molecule has 0 fully saturated rings. The van der Waals surface area contributed by atoms with Crippen LogP contribution in [0.3, 0.4) is 0 Å². The van der Waals surface area contributed by atoms with E-state index in [0.29, 0.717) is 16.8 Å². The van der Waals surface area contributed by atoms with Crippen molar-refractivity contribution in [2.45, 2.75) is 77.5 Å². The number of furan rings is 1. The fraction of sp³-hybridized carbons (Fsp3) is 0.236. The Labute approximate surface area is 385 Å². The summed E-state index contributed by atoms with van der Waals surface area (Å²) in [6.07, 6.45) is 0.303. The van der Waals surface area contributed by atoms with Crippen LogP contribution >= 0.6 is 0 Å². The molecule has 4 nitrogen and oxygen atoms in total. The minimum Gasteiger partial charge on any atom is 0 e. The summed E-state index contributed by atoms with van der Waals surface area (Å²) in [5.41, 5.74) is 10.8. The van der Waals surface area contributed by atoms with Crippen LogP contribution in [-0.2, 0) is 31.9 Å². The van der Waals surface area contributed by atoms with Crippen LogP contribution in [0.2, 0.25) is 17.3 Å². The van der Waals surface area contributed by atoms with Crippen LogP contribution in [0.1, 0.15) is 65.1 Å². The van der Waals surface area contributed by atoms with E-state index in [-0.39, 0.29) is 31.1 Å². The summed E-state index contributed by atoms with van der Waals surface area (Å²) in [6.45, 7) is 10.4. The van der Waals surface area contributed by atoms with Crippen LogP contribution in [0.25, 0.3) is 72.4 Å². The van der Waals surface area contributed by atoms with Gasteiger partial charge in [0.15, 0.2) is 0 Å². The van der Waals surface area contributed by atoms with Gasteiger partial charge in [0, 0.05) is 31.1 Å². The summed E-state index contributed by atoms with van der Waals surface area (Å²) < 4.78 is 49.9. The third-order valence-corrected chi connectivity index (χ3v) is 14.8. The fourth-order valence-corrected chi connectivity index (χ4v) is 10.7. The Bertz CT molecular complexity index is 3170. The predicted octanol–water partition coefficient (Wildman–Crippen LogP) is 14.3. The molecule has 61 heavy (non-hydrogen) atoms. The van der Waals surface area contributed by atoms with E-state index in [4.69, 9.17) is 16.3 Å². The SMILES string of the molecule is CC(C)(C)c1cccc(-c2ccccc2)c1-n1c(-c2[c-]ccc3c2oc2ccccc23)nc2ccccc21.[2H]C([2H])([2H])c1c[c-]c(-c2cc(C([2H])([2H])C(C)(C)C)[c]([Ge]([CH3])([CH3])[CH3])cn2)cc1.[Ir]. The van der Waals surface area contributed by atoms with E-state index in [0.717, 1.165) is 54.4 Å². The number of aryl methyl sites for hydroxylation is 1. The Morgan fingerprint density at radius 1 is 0.787 bits per heavy atom. The molecule has 9 aromatic rings.